The van der Waals surface area contributed by atoms with Crippen LogP contribution in [0.25, 0.3) is 0 Å². The molecule has 0 bridgehead atoms. The highest BCUT2D eigenvalue weighted by atomic mass is 35.5. The van der Waals surface area contributed by atoms with Crippen LogP contribution in [-0.2, 0) is 9.53 Å². The lowest BCUT2D eigenvalue weighted by Gasteiger charge is -2.32. The van der Waals surface area contributed by atoms with Crippen LogP contribution in [0.5, 0.6) is 5.75 Å². The summed E-state index contributed by atoms with van der Waals surface area (Å²) in [5.74, 6) is 0.674. The van der Waals surface area contributed by atoms with E-state index in [1.807, 2.05) is 20.8 Å². The molecule has 0 aliphatic heterocycles. The third-order valence-electron chi connectivity index (χ3n) is 4.46. The van der Waals surface area contributed by atoms with E-state index < -0.39 is 18.1 Å². The maximum Gasteiger partial charge on any atom is 0.323 e. The van der Waals surface area contributed by atoms with Gasteiger partial charge in [-0.15, -0.1) is 0 Å². The fourth-order valence-corrected chi connectivity index (χ4v) is 3.44. The van der Waals surface area contributed by atoms with E-state index in [0.29, 0.717) is 28.1 Å². The molecule has 0 aliphatic carbocycles. The molecule has 148 valence electrons. The molecule has 0 radical (unpaired) electrons. The second-order valence-electron chi connectivity index (χ2n) is 7.11. The van der Waals surface area contributed by atoms with Gasteiger partial charge >= 0.3 is 5.97 Å². The maximum atomic E-state index is 12.3. The summed E-state index contributed by atoms with van der Waals surface area (Å²) in [5, 5.41) is 0.976. The Kier molecular flexibility index (Phi) is 9.77. The number of esters is 1. The van der Waals surface area contributed by atoms with Gasteiger partial charge in [-0.3, -0.25) is 4.79 Å². The summed E-state index contributed by atoms with van der Waals surface area (Å²) in [6.07, 6.45) is 1.61. The largest absolute Gasteiger partial charge is 0.485 e. The second-order valence-corrected chi connectivity index (χ2v) is 7.96. The van der Waals surface area contributed by atoms with E-state index >= 15 is 0 Å². The van der Waals surface area contributed by atoms with Gasteiger partial charge < -0.3 is 15.2 Å². The van der Waals surface area contributed by atoms with Gasteiger partial charge in [0.25, 0.3) is 0 Å². The van der Waals surface area contributed by atoms with Crippen molar-refractivity contribution in [2.75, 3.05) is 0 Å². The van der Waals surface area contributed by atoms with Gasteiger partial charge in [0, 0.05) is 5.02 Å². The van der Waals surface area contributed by atoms with E-state index in [1.165, 1.54) is 0 Å². The summed E-state index contributed by atoms with van der Waals surface area (Å²) >= 11 is 12.2. The lowest BCUT2D eigenvalue weighted by atomic mass is 9.93. The molecular weight excluding hydrogens is 373 g/mol. The maximum absolute atomic E-state index is 12.3. The molecule has 0 aliphatic rings. The third kappa shape index (κ3) is 6.98. The van der Waals surface area contributed by atoms with Crippen LogP contribution < -0.4 is 10.5 Å². The second kappa shape index (κ2) is 11.0. The van der Waals surface area contributed by atoms with E-state index in [1.54, 1.807) is 18.2 Å². The minimum atomic E-state index is -0.626. The van der Waals surface area contributed by atoms with Gasteiger partial charge in [0.05, 0.1) is 5.02 Å². The van der Waals surface area contributed by atoms with Gasteiger partial charge in [0.2, 0.25) is 0 Å². The summed E-state index contributed by atoms with van der Waals surface area (Å²) in [6, 6.07) is 4.47. The predicted octanol–water partition coefficient (Wildman–Crippen LogP) is 5.48. The van der Waals surface area contributed by atoms with E-state index in [9.17, 15) is 4.79 Å². The molecule has 0 aromatic heterocycles. The lowest BCUT2D eigenvalue weighted by Crippen LogP contribution is -2.43. The summed E-state index contributed by atoms with van der Waals surface area (Å²) in [5.41, 5.74) is 5.95. The average Bonchev–Trinajstić information content (AvgIpc) is 2.56. The Balaban J connectivity index is 2.93. The molecule has 3 atom stereocenters. The normalized spacial score (nSPS) is 15.0. The fourth-order valence-electron chi connectivity index (χ4n) is 2.99. The Morgan fingerprint density at radius 3 is 2.27 bits per heavy atom. The Morgan fingerprint density at radius 2 is 1.77 bits per heavy atom. The van der Waals surface area contributed by atoms with E-state index in [4.69, 9.17) is 38.4 Å². The van der Waals surface area contributed by atoms with Gasteiger partial charge in [0.15, 0.2) is 0 Å². The van der Waals surface area contributed by atoms with Crippen LogP contribution in [0.2, 0.25) is 10.0 Å². The van der Waals surface area contributed by atoms with Crippen LogP contribution in [0.3, 0.4) is 0 Å². The van der Waals surface area contributed by atoms with E-state index in [0.717, 1.165) is 12.8 Å². The molecule has 1 aromatic rings. The van der Waals surface area contributed by atoms with Crippen LogP contribution in [0, 0.1) is 11.8 Å². The van der Waals surface area contributed by atoms with Crippen molar-refractivity contribution in [3.05, 3.63) is 28.2 Å². The van der Waals surface area contributed by atoms with Crippen LogP contribution in [0.4, 0.5) is 0 Å². The predicted molar refractivity (Wildman–Crippen MR) is 108 cm³/mol. The monoisotopic (exact) mass is 403 g/mol. The standard InChI is InChI=1S/C20H31Cl2NO3/c1-6-14(7-2)19(26-18-9-8-15(21)11-16(18)22)13(5)25-20(24)17(23)10-12(3)4/h8-9,11-14,17,19H,6-7,10,23H2,1-5H3/t13-,17-,19+/m0/s1. The van der Waals surface area contributed by atoms with Crippen molar-refractivity contribution < 1.29 is 14.3 Å². The van der Waals surface area contributed by atoms with Crippen LogP contribution in [-0.4, -0.2) is 24.2 Å². The molecular formula is C20H31Cl2NO3. The van der Waals surface area contributed by atoms with Crippen LogP contribution >= 0.6 is 23.2 Å². The minimum absolute atomic E-state index is 0.214. The SMILES string of the molecule is CCC(CC)[C@H](Oc1ccc(Cl)cc1Cl)[C@H](C)OC(=O)[C@@H](N)CC(C)C. The zero-order valence-corrected chi connectivity index (χ0v) is 17.8. The fraction of sp³-hybridized carbons (Fsp3) is 0.650. The highest BCUT2D eigenvalue weighted by molar-refractivity contribution is 6.35. The van der Waals surface area contributed by atoms with Crippen molar-refractivity contribution in [2.45, 2.75) is 72.1 Å². The molecule has 2 N–H and O–H groups in total. The van der Waals surface area contributed by atoms with Crippen molar-refractivity contribution in [1.82, 2.24) is 0 Å². The van der Waals surface area contributed by atoms with Crippen molar-refractivity contribution in [3.8, 4) is 5.75 Å². The number of halogens is 2. The zero-order chi connectivity index (χ0) is 19.9. The Labute approximate surface area is 167 Å². The number of rotatable bonds is 10. The van der Waals surface area contributed by atoms with Gasteiger partial charge in [-0.05, 0) is 56.2 Å². The molecule has 0 heterocycles. The third-order valence-corrected chi connectivity index (χ3v) is 4.99. The number of hydrogen-bond acceptors (Lipinski definition) is 4. The molecule has 4 nitrogen and oxygen atoms in total. The first-order chi connectivity index (χ1) is 12.2. The van der Waals surface area contributed by atoms with Gasteiger partial charge in [0.1, 0.15) is 24.0 Å². The Morgan fingerprint density at radius 1 is 1.15 bits per heavy atom. The van der Waals surface area contributed by atoms with Crippen LogP contribution in [0.1, 0.15) is 53.9 Å². The quantitative estimate of drug-likeness (QED) is 0.525. The lowest BCUT2D eigenvalue weighted by molar-refractivity contribution is -0.156. The molecule has 0 spiro atoms. The van der Waals surface area contributed by atoms with Crippen molar-refractivity contribution >= 4 is 29.2 Å². The number of benzene rings is 1. The first-order valence-electron chi connectivity index (χ1n) is 9.27. The topological polar surface area (TPSA) is 61.5 Å². The van der Waals surface area contributed by atoms with Gasteiger partial charge in [-0.25, -0.2) is 0 Å². The highest BCUT2D eigenvalue weighted by Gasteiger charge is 2.31. The molecule has 6 heteroatoms. The van der Waals surface area contributed by atoms with Gasteiger partial charge in [-0.1, -0.05) is 50.9 Å². The van der Waals surface area contributed by atoms with E-state index in [2.05, 4.69) is 13.8 Å². The number of ether oxygens (including phenoxy) is 2. The van der Waals surface area contributed by atoms with Crippen molar-refractivity contribution in [2.24, 2.45) is 17.6 Å². The van der Waals surface area contributed by atoms with Gasteiger partial charge in [-0.2, -0.15) is 0 Å². The summed E-state index contributed by atoms with van der Waals surface area (Å²) in [6.45, 7) is 10.1. The van der Waals surface area contributed by atoms with Crippen molar-refractivity contribution in [3.63, 3.8) is 0 Å². The molecule has 0 fully saturated rings. The summed E-state index contributed by atoms with van der Waals surface area (Å²) in [4.78, 5) is 12.3. The van der Waals surface area contributed by atoms with Crippen LogP contribution in [0.15, 0.2) is 18.2 Å². The minimum Gasteiger partial charge on any atom is -0.485 e. The average molecular weight is 404 g/mol. The Bertz CT molecular complexity index is 576. The van der Waals surface area contributed by atoms with Crippen molar-refractivity contribution in [1.29, 1.82) is 0 Å². The molecule has 0 unspecified atom stereocenters. The number of nitrogens with two attached hydrogens (primary N) is 1. The first-order valence-corrected chi connectivity index (χ1v) is 10.0. The molecule has 1 aromatic carbocycles. The first kappa shape index (κ1) is 23.1. The molecule has 0 saturated carbocycles. The zero-order valence-electron chi connectivity index (χ0n) is 16.3. The number of carbonyl (C=O) groups is 1. The van der Waals surface area contributed by atoms with E-state index in [-0.39, 0.29) is 12.0 Å². The smallest absolute Gasteiger partial charge is 0.323 e. The Hall–Kier alpha value is -0.970. The molecule has 0 saturated heterocycles. The highest BCUT2D eigenvalue weighted by Crippen LogP contribution is 2.31. The number of hydrogen-bond donors (Lipinski definition) is 1. The molecule has 26 heavy (non-hydrogen) atoms. The number of carbonyl (C=O) groups excluding carboxylic acids is 1. The molecule has 0 amide bonds. The summed E-state index contributed by atoms with van der Waals surface area (Å²) in [7, 11) is 0. The summed E-state index contributed by atoms with van der Waals surface area (Å²) < 4.78 is 11.8. The molecule has 1 rings (SSSR count).